The summed E-state index contributed by atoms with van der Waals surface area (Å²) >= 11 is 0.693. The summed E-state index contributed by atoms with van der Waals surface area (Å²) in [4.78, 5) is 40.7. The van der Waals surface area contributed by atoms with Crippen LogP contribution in [0.2, 0.25) is 0 Å². The molecule has 0 unspecified atom stereocenters. The monoisotopic (exact) mass is 533 g/mol. The highest BCUT2D eigenvalue weighted by molar-refractivity contribution is 7.09. The van der Waals surface area contributed by atoms with Crippen molar-refractivity contribution in [3.8, 4) is 5.75 Å². The van der Waals surface area contributed by atoms with Gasteiger partial charge in [0, 0.05) is 18.3 Å². The molecular weight excluding hydrogens is 509 g/mol. The third-order valence-electron chi connectivity index (χ3n) is 5.71. The van der Waals surface area contributed by atoms with Gasteiger partial charge in [0.25, 0.3) is 11.8 Å². The molecule has 4 rings (SSSR count). The minimum absolute atomic E-state index is 0.0791. The van der Waals surface area contributed by atoms with Crippen molar-refractivity contribution in [3.63, 3.8) is 0 Å². The second-order valence-electron chi connectivity index (χ2n) is 8.17. The topological polar surface area (TPSA) is 141 Å². The van der Waals surface area contributed by atoms with E-state index in [1.807, 2.05) is 30.3 Å². The van der Waals surface area contributed by atoms with E-state index in [9.17, 15) is 18.8 Å². The zero-order chi connectivity index (χ0) is 27.2. The Morgan fingerprint density at radius 2 is 1.76 bits per heavy atom. The Labute approximate surface area is 222 Å². The number of amides is 3. The van der Waals surface area contributed by atoms with E-state index < -0.39 is 29.6 Å². The number of primary amides is 1. The zero-order valence-corrected chi connectivity index (χ0v) is 21.1. The van der Waals surface area contributed by atoms with E-state index in [4.69, 9.17) is 16.2 Å². The maximum absolute atomic E-state index is 14.0. The van der Waals surface area contributed by atoms with E-state index in [1.54, 1.807) is 24.3 Å². The number of hydrogen-bond acceptors (Lipinski definition) is 7. The van der Waals surface area contributed by atoms with Crippen LogP contribution in [-0.4, -0.2) is 29.2 Å². The lowest BCUT2D eigenvalue weighted by Gasteiger charge is -2.31. The number of anilines is 2. The fourth-order valence-corrected chi connectivity index (χ4v) is 4.57. The Kier molecular flexibility index (Phi) is 7.97. The van der Waals surface area contributed by atoms with Gasteiger partial charge in [0.2, 0.25) is 5.91 Å². The smallest absolute Gasteiger partial charge is 0.273 e. The molecule has 0 aliphatic carbocycles. The molecule has 9 nitrogen and oxygen atoms in total. The highest BCUT2D eigenvalue weighted by Crippen LogP contribution is 2.34. The fraction of sp³-hybridized carbons (Fsp3) is 0.111. The molecule has 38 heavy (non-hydrogen) atoms. The number of aromatic nitrogens is 1. The predicted molar refractivity (Wildman–Crippen MR) is 142 cm³/mol. The molecule has 0 bridgehead atoms. The van der Waals surface area contributed by atoms with E-state index in [-0.39, 0.29) is 22.8 Å². The molecule has 194 valence electrons. The quantitative estimate of drug-likeness (QED) is 0.300. The van der Waals surface area contributed by atoms with Crippen molar-refractivity contribution in [1.82, 2.24) is 9.69 Å². The largest absolute Gasteiger partial charge is 0.497 e. The fourth-order valence-electron chi connectivity index (χ4n) is 3.83. The highest BCUT2D eigenvalue weighted by Gasteiger charge is 2.36. The molecule has 0 fully saturated rings. The maximum atomic E-state index is 14.0. The van der Waals surface area contributed by atoms with E-state index in [2.05, 4.69) is 9.69 Å². The Hall–Kier alpha value is -4.77. The summed E-state index contributed by atoms with van der Waals surface area (Å²) in [5.41, 5.74) is 12.5. The van der Waals surface area contributed by atoms with E-state index in [1.165, 1.54) is 36.3 Å². The lowest BCUT2D eigenvalue weighted by atomic mass is 10.0. The number of halogens is 1. The van der Waals surface area contributed by atoms with Crippen molar-refractivity contribution >= 4 is 40.6 Å². The van der Waals surface area contributed by atoms with Crippen molar-refractivity contribution in [2.75, 3.05) is 17.7 Å². The van der Waals surface area contributed by atoms with Gasteiger partial charge in [-0.25, -0.2) is 4.39 Å². The third-order valence-corrected chi connectivity index (χ3v) is 6.56. The minimum Gasteiger partial charge on any atom is -0.497 e. The summed E-state index contributed by atoms with van der Waals surface area (Å²) in [6.45, 7) is 0.187. The molecule has 11 heteroatoms. The van der Waals surface area contributed by atoms with Gasteiger partial charge in [0.05, 0.1) is 12.8 Å². The number of rotatable bonds is 9. The molecule has 1 heterocycles. The van der Waals surface area contributed by atoms with Crippen LogP contribution in [-0.2, 0) is 11.3 Å². The third kappa shape index (κ3) is 5.62. The average Bonchev–Trinajstić information content (AvgIpc) is 3.32. The number of ether oxygens (including phenoxy) is 1. The van der Waals surface area contributed by atoms with Crippen LogP contribution in [0.4, 0.5) is 15.8 Å². The first-order valence-corrected chi connectivity index (χ1v) is 12.2. The molecule has 0 spiro atoms. The first-order chi connectivity index (χ1) is 18.3. The van der Waals surface area contributed by atoms with Gasteiger partial charge in [0.1, 0.15) is 22.5 Å². The minimum atomic E-state index is -1.25. The molecule has 0 saturated heterocycles. The lowest BCUT2D eigenvalue weighted by Crippen LogP contribution is -2.44. The van der Waals surface area contributed by atoms with Gasteiger partial charge >= 0.3 is 0 Å². The number of benzene rings is 3. The summed E-state index contributed by atoms with van der Waals surface area (Å²) < 4.78 is 23.1. The van der Waals surface area contributed by atoms with E-state index in [0.29, 0.717) is 28.5 Å². The second-order valence-corrected chi connectivity index (χ2v) is 8.95. The Balaban J connectivity index is 1.84. The van der Waals surface area contributed by atoms with Gasteiger partial charge in [-0.1, -0.05) is 48.5 Å². The summed E-state index contributed by atoms with van der Waals surface area (Å²) in [6.07, 6.45) is 0. The molecule has 4 aromatic rings. The van der Waals surface area contributed by atoms with Gasteiger partial charge in [-0.05, 0) is 46.9 Å². The standard InChI is InChI=1S/C27H24FN5O4S/c1-37-20-9-5-8-19(14-20)33(27(36)24-21(29)22(25(30)34)32-38-24)23(17-10-12-18(28)13-11-17)26(35)31-15-16-6-3-2-4-7-16/h2-14,23H,15,29H2,1H3,(H2,30,34)(H,31,35)/t23-/m0/s1. The Bertz CT molecular complexity index is 1460. The van der Waals surface area contributed by atoms with Crippen LogP contribution < -0.4 is 26.4 Å². The molecule has 0 aliphatic rings. The number of nitrogens with zero attached hydrogens (tertiary/aromatic N) is 2. The Morgan fingerprint density at radius 1 is 1.05 bits per heavy atom. The molecule has 0 radical (unpaired) electrons. The zero-order valence-electron chi connectivity index (χ0n) is 20.3. The van der Waals surface area contributed by atoms with Gasteiger partial charge in [-0.3, -0.25) is 19.3 Å². The van der Waals surface area contributed by atoms with E-state index in [0.717, 1.165) is 5.56 Å². The van der Waals surface area contributed by atoms with E-state index >= 15 is 0 Å². The van der Waals surface area contributed by atoms with Crippen LogP contribution in [0.5, 0.6) is 5.75 Å². The van der Waals surface area contributed by atoms with Gasteiger partial charge in [0.15, 0.2) is 5.69 Å². The molecule has 0 saturated carbocycles. The van der Waals surface area contributed by atoms with Crippen LogP contribution in [0.3, 0.4) is 0 Å². The molecule has 5 N–H and O–H groups in total. The highest BCUT2D eigenvalue weighted by atomic mass is 32.1. The van der Waals surface area contributed by atoms with Crippen LogP contribution >= 0.6 is 11.5 Å². The van der Waals surface area contributed by atoms with Crippen molar-refractivity contribution in [1.29, 1.82) is 0 Å². The normalized spacial score (nSPS) is 11.4. The summed E-state index contributed by atoms with van der Waals surface area (Å²) in [5.74, 6) is -2.20. The van der Waals surface area contributed by atoms with Crippen molar-refractivity contribution in [3.05, 3.63) is 106 Å². The number of carbonyl (C=O) groups excluding carboxylic acids is 3. The number of nitrogens with one attached hydrogen (secondary N) is 1. The number of hydrogen-bond donors (Lipinski definition) is 3. The van der Waals surface area contributed by atoms with Crippen LogP contribution in [0.1, 0.15) is 37.3 Å². The molecule has 1 aromatic heterocycles. The molecule has 1 atom stereocenters. The van der Waals surface area contributed by atoms with Crippen molar-refractivity contribution in [2.45, 2.75) is 12.6 Å². The van der Waals surface area contributed by atoms with Crippen LogP contribution in [0.15, 0.2) is 78.9 Å². The predicted octanol–water partition coefficient (Wildman–Crippen LogP) is 3.68. The lowest BCUT2D eigenvalue weighted by molar-refractivity contribution is -0.122. The molecular formula is C27H24FN5O4S. The molecule has 3 aromatic carbocycles. The molecule has 0 aliphatic heterocycles. The first kappa shape index (κ1) is 26.3. The second kappa shape index (κ2) is 11.5. The van der Waals surface area contributed by atoms with Crippen molar-refractivity contribution < 1.29 is 23.5 Å². The summed E-state index contributed by atoms with van der Waals surface area (Å²) in [7, 11) is 1.47. The Morgan fingerprint density at radius 3 is 2.39 bits per heavy atom. The molecule has 3 amide bonds. The van der Waals surface area contributed by atoms with Gasteiger partial charge in [-0.15, -0.1) is 0 Å². The number of nitrogen functional groups attached to an aromatic ring is 1. The summed E-state index contributed by atoms with van der Waals surface area (Å²) in [5, 5.41) is 2.86. The maximum Gasteiger partial charge on any atom is 0.273 e. The number of carbonyl (C=O) groups is 3. The van der Waals surface area contributed by atoms with Gasteiger partial charge < -0.3 is 21.5 Å². The number of nitrogens with two attached hydrogens (primary N) is 2. The average molecular weight is 534 g/mol. The summed E-state index contributed by atoms with van der Waals surface area (Å²) in [6, 6.07) is 19.8. The van der Waals surface area contributed by atoms with Crippen LogP contribution in [0.25, 0.3) is 0 Å². The van der Waals surface area contributed by atoms with Crippen molar-refractivity contribution in [2.24, 2.45) is 5.73 Å². The van der Waals surface area contributed by atoms with Gasteiger partial charge in [-0.2, -0.15) is 4.37 Å². The SMILES string of the molecule is COc1cccc(N(C(=O)c2snc(C(N)=O)c2N)[C@H](C(=O)NCc2ccccc2)c2ccc(F)cc2)c1. The van der Waals surface area contributed by atoms with Crippen LogP contribution in [0, 0.1) is 5.82 Å². The first-order valence-electron chi connectivity index (χ1n) is 11.4. The number of methoxy groups -OCH3 is 1.